The number of carbonyl (C=O) groups is 1. The largest absolute Gasteiger partial charge is 0.345 e. The first-order valence-corrected chi connectivity index (χ1v) is 8.32. The van der Waals surface area contributed by atoms with E-state index in [1.165, 1.54) is 22.5 Å². The molecule has 23 heavy (non-hydrogen) atoms. The highest BCUT2D eigenvalue weighted by molar-refractivity contribution is 5.89. The number of hydrogen-bond donors (Lipinski definition) is 1. The van der Waals surface area contributed by atoms with Crippen molar-refractivity contribution in [2.24, 2.45) is 0 Å². The van der Waals surface area contributed by atoms with Gasteiger partial charge in [0.05, 0.1) is 6.04 Å². The predicted molar refractivity (Wildman–Crippen MR) is 93.8 cm³/mol. The minimum atomic E-state index is -0.00907. The average molecular weight is 311 g/mol. The first kappa shape index (κ1) is 15.7. The SMILES string of the molecule is CC[C@H]1c2ccc(C)n2CCN1C(=O)Nc1ccc(C)c(C)c1. The molecule has 0 spiro atoms. The van der Waals surface area contributed by atoms with Crippen LogP contribution in [0.15, 0.2) is 30.3 Å². The Morgan fingerprint density at radius 2 is 1.91 bits per heavy atom. The van der Waals surface area contributed by atoms with Crippen molar-refractivity contribution >= 4 is 11.7 Å². The van der Waals surface area contributed by atoms with Gasteiger partial charge in [-0.1, -0.05) is 13.0 Å². The van der Waals surface area contributed by atoms with Gasteiger partial charge in [-0.15, -0.1) is 0 Å². The van der Waals surface area contributed by atoms with E-state index in [0.717, 1.165) is 25.2 Å². The number of urea groups is 1. The summed E-state index contributed by atoms with van der Waals surface area (Å²) in [6.45, 7) is 10.0. The van der Waals surface area contributed by atoms with Crippen LogP contribution in [0.1, 0.15) is 41.9 Å². The zero-order valence-corrected chi connectivity index (χ0v) is 14.4. The highest BCUT2D eigenvalue weighted by Crippen LogP contribution is 2.30. The van der Waals surface area contributed by atoms with E-state index in [0.29, 0.717) is 0 Å². The molecule has 4 heteroatoms. The van der Waals surface area contributed by atoms with E-state index < -0.39 is 0 Å². The number of fused-ring (bicyclic) bond motifs is 1. The van der Waals surface area contributed by atoms with E-state index in [4.69, 9.17) is 0 Å². The summed E-state index contributed by atoms with van der Waals surface area (Å²) in [4.78, 5) is 14.7. The summed E-state index contributed by atoms with van der Waals surface area (Å²) in [6.07, 6.45) is 0.920. The summed E-state index contributed by atoms with van der Waals surface area (Å²) in [5.41, 5.74) is 5.81. The van der Waals surface area contributed by atoms with Crippen molar-refractivity contribution in [2.45, 2.75) is 46.7 Å². The van der Waals surface area contributed by atoms with Gasteiger partial charge < -0.3 is 14.8 Å². The summed E-state index contributed by atoms with van der Waals surface area (Å²) in [6, 6.07) is 10.5. The van der Waals surface area contributed by atoms with Gasteiger partial charge in [-0.2, -0.15) is 0 Å². The number of nitrogens with one attached hydrogen (secondary N) is 1. The molecule has 1 N–H and O–H groups in total. The van der Waals surface area contributed by atoms with Crippen molar-refractivity contribution in [3.05, 3.63) is 52.8 Å². The molecule has 0 radical (unpaired) electrons. The van der Waals surface area contributed by atoms with Crippen LogP contribution in [-0.4, -0.2) is 22.0 Å². The van der Waals surface area contributed by atoms with Gasteiger partial charge in [0, 0.05) is 30.2 Å². The fourth-order valence-corrected chi connectivity index (χ4v) is 3.40. The molecule has 1 aliphatic heterocycles. The number of rotatable bonds is 2. The monoisotopic (exact) mass is 311 g/mol. The lowest BCUT2D eigenvalue weighted by molar-refractivity contribution is 0.165. The van der Waals surface area contributed by atoms with Gasteiger partial charge in [0.1, 0.15) is 0 Å². The Morgan fingerprint density at radius 3 is 2.61 bits per heavy atom. The summed E-state index contributed by atoms with van der Waals surface area (Å²) < 4.78 is 2.33. The second-order valence-corrected chi connectivity index (χ2v) is 6.40. The lowest BCUT2D eigenvalue weighted by Gasteiger charge is -2.37. The van der Waals surface area contributed by atoms with Crippen LogP contribution in [0.4, 0.5) is 10.5 Å². The predicted octanol–water partition coefficient (Wildman–Crippen LogP) is 4.41. The molecule has 4 nitrogen and oxygen atoms in total. The smallest absolute Gasteiger partial charge is 0.322 e. The summed E-state index contributed by atoms with van der Waals surface area (Å²) in [5, 5.41) is 3.06. The Hall–Kier alpha value is -2.23. The third kappa shape index (κ3) is 2.85. The van der Waals surface area contributed by atoms with Gasteiger partial charge in [-0.3, -0.25) is 0 Å². The normalized spacial score (nSPS) is 17.0. The third-order valence-corrected chi connectivity index (χ3v) is 4.92. The van der Waals surface area contributed by atoms with Crippen molar-refractivity contribution in [1.29, 1.82) is 0 Å². The maximum absolute atomic E-state index is 12.8. The van der Waals surface area contributed by atoms with E-state index in [2.05, 4.69) is 49.7 Å². The van der Waals surface area contributed by atoms with Crippen LogP contribution in [0, 0.1) is 20.8 Å². The first-order valence-electron chi connectivity index (χ1n) is 8.32. The van der Waals surface area contributed by atoms with Crippen LogP contribution < -0.4 is 5.32 Å². The van der Waals surface area contributed by atoms with Crippen LogP contribution in [0.2, 0.25) is 0 Å². The van der Waals surface area contributed by atoms with Crippen molar-refractivity contribution < 1.29 is 4.79 Å². The van der Waals surface area contributed by atoms with Crippen molar-refractivity contribution in [3.63, 3.8) is 0 Å². The molecule has 2 amide bonds. The molecule has 0 aliphatic carbocycles. The molecule has 0 saturated carbocycles. The quantitative estimate of drug-likeness (QED) is 0.876. The number of aromatic nitrogens is 1. The lowest BCUT2D eigenvalue weighted by Crippen LogP contribution is -2.44. The van der Waals surface area contributed by atoms with Crippen molar-refractivity contribution in [2.75, 3.05) is 11.9 Å². The summed E-state index contributed by atoms with van der Waals surface area (Å²) >= 11 is 0. The first-order chi connectivity index (χ1) is 11.0. The van der Waals surface area contributed by atoms with Crippen LogP contribution >= 0.6 is 0 Å². The highest BCUT2D eigenvalue weighted by atomic mass is 16.2. The molecule has 0 saturated heterocycles. The molecule has 3 rings (SSSR count). The molecular weight excluding hydrogens is 286 g/mol. The molecule has 1 atom stereocenters. The van der Waals surface area contributed by atoms with Gasteiger partial charge in [-0.05, 0) is 62.6 Å². The van der Waals surface area contributed by atoms with E-state index >= 15 is 0 Å². The zero-order chi connectivity index (χ0) is 16.6. The minimum Gasteiger partial charge on any atom is -0.345 e. The second-order valence-electron chi connectivity index (χ2n) is 6.40. The highest BCUT2D eigenvalue weighted by Gasteiger charge is 2.30. The number of aryl methyl sites for hydroxylation is 3. The fraction of sp³-hybridized carbons (Fsp3) is 0.421. The van der Waals surface area contributed by atoms with Gasteiger partial charge in [-0.25, -0.2) is 4.79 Å². The van der Waals surface area contributed by atoms with Gasteiger partial charge >= 0.3 is 6.03 Å². The molecule has 1 aromatic carbocycles. The Bertz CT molecular complexity index is 732. The molecular formula is C19H25N3O. The van der Waals surface area contributed by atoms with Gasteiger partial charge in [0.15, 0.2) is 0 Å². The number of anilines is 1. The number of nitrogens with zero attached hydrogens (tertiary/aromatic N) is 2. The topological polar surface area (TPSA) is 37.3 Å². The third-order valence-electron chi connectivity index (χ3n) is 4.92. The lowest BCUT2D eigenvalue weighted by atomic mass is 10.1. The Labute approximate surface area is 138 Å². The van der Waals surface area contributed by atoms with Crippen LogP contribution in [0.25, 0.3) is 0 Å². The maximum Gasteiger partial charge on any atom is 0.322 e. The Kier molecular flexibility index (Phi) is 4.16. The molecule has 0 bridgehead atoms. The number of carbonyl (C=O) groups excluding carboxylic acids is 1. The molecule has 1 aliphatic rings. The maximum atomic E-state index is 12.8. The van der Waals surface area contributed by atoms with Gasteiger partial charge in [0.25, 0.3) is 0 Å². The zero-order valence-electron chi connectivity index (χ0n) is 14.4. The number of hydrogen-bond acceptors (Lipinski definition) is 1. The molecule has 1 aromatic heterocycles. The Balaban J connectivity index is 1.80. The van der Waals surface area contributed by atoms with Crippen LogP contribution in [0.5, 0.6) is 0 Å². The standard InChI is InChI=1S/C19H25N3O/c1-5-17-18-9-7-15(4)21(18)10-11-22(17)19(23)20-16-8-6-13(2)14(3)12-16/h6-9,12,17H,5,10-11H2,1-4H3,(H,20,23)/t17-/m0/s1. The fourth-order valence-electron chi connectivity index (χ4n) is 3.40. The van der Waals surface area contributed by atoms with E-state index in [1.54, 1.807) is 0 Å². The van der Waals surface area contributed by atoms with Crippen molar-refractivity contribution in [3.8, 4) is 0 Å². The Morgan fingerprint density at radius 1 is 1.13 bits per heavy atom. The van der Waals surface area contributed by atoms with Crippen LogP contribution in [-0.2, 0) is 6.54 Å². The average Bonchev–Trinajstić information content (AvgIpc) is 2.91. The minimum absolute atomic E-state index is 0.00907. The summed E-state index contributed by atoms with van der Waals surface area (Å²) in [5.74, 6) is 0. The van der Waals surface area contributed by atoms with E-state index in [-0.39, 0.29) is 12.1 Å². The van der Waals surface area contributed by atoms with Crippen LogP contribution in [0.3, 0.4) is 0 Å². The molecule has 122 valence electrons. The molecule has 0 fully saturated rings. The molecule has 2 aromatic rings. The van der Waals surface area contributed by atoms with E-state index in [1.807, 2.05) is 23.1 Å². The van der Waals surface area contributed by atoms with Gasteiger partial charge in [0.2, 0.25) is 0 Å². The molecule has 0 unspecified atom stereocenters. The number of amides is 2. The van der Waals surface area contributed by atoms with E-state index in [9.17, 15) is 4.79 Å². The second kappa shape index (κ2) is 6.11. The number of benzene rings is 1. The summed E-state index contributed by atoms with van der Waals surface area (Å²) in [7, 11) is 0. The van der Waals surface area contributed by atoms with Crippen molar-refractivity contribution in [1.82, 2.24) is 9.47 Å². The molecule has 2 heterocycles.